The van der Waals surface area contributed by atoms with Crippen LogP contribution in [0.4, 0.5) is 5.69 Å². The molecule has 0 bridgehead atoms. The van der Waals surface area contributed by atoms with Crippen LogP contribution in [0.1, 0.15) is 21.5 Å². The summed E-state index contributed by atoms with van der Waals surface area (Å²) in [4.78, 5) is 25.6. The number of aryl methyl sites for hydroxylation is 1. The van der Waals surface area contributed by atoms with Crippen molar-refractivity contribution in [3.63, 3.8) is 0 Å². The molecule has 29 heavy (non-hydrogen) atoms. The first-order chi connectivity index (χ1) is 13.9. The maximum Gasteiger partial charge on any atom is 0.272 e. The number of carbonyl (C=O) groups is 2. The van der Waals surface area contributed by atoms with Gasteiger partial charge in [-0.05, 0) is 54.5 Å². The lowest BCUT2D eigenvalue weighted by atomic mass is 10.1. The second-order valence-electron chi connectivity index (χ2n) is 6.37. The van der Waals surface area contributed by atoms with Crippen LogP contribution in [0, 0.1) is 6.92 Å². The molecule has 0 spiro atoms. The summed E-state index contributed by atoms with van der Waals surface area (Å²) in [6.07, 6.45) is 1.60. The standard InChI is InChI=1S/C23H18Cl2N2O2/c1-15-6-5-9-18(12-15)26-23(29)21(13-16-7-3-2-4-8-16)27-22(28)19-11-10-17(24)14-20(19)25/h2-14H,1H3,(H,26,29)(H,27,28). The molecular weight excluding hydrogens is 407 g/mol. The van der Waals surface area contributed by atoms with Crippen LogP contribution in [0.15, 0.2) is 78.5 Å². The van der Waals surface area contributed by atoms with E-state index >= 15 is 0 Å². The summed E-state index contributed by atoms with van der Waals surface area (Å²) < 4.78 is 0. The minimum atomic E-state index is -0.506. The molecule has 0 saturated carbocycles. The summed E-state index contributed by atoms with van der Waals surface area (Å²) in [5.74, 6) is -0.953. The predicted molar refractivity (Wildman–Crippen MR) is 118 cm³/mol. The molecule has 3 aromatic rings. The number of amides is 2. The Kier molecular flexibility index (Phi) is 6.70. The van der Waals surface area contributed by atoms with Crippen LogP contribution in [-0.2, 0) is 4.79 Å². The zero-order valence-corrected chi connectivity index (χ0v) is 17.1. The van der Waals surface area contributed by atoms with E-state index in [1.165, 1.54) is 12.1 Å². The van der Waals surface area contributed by atoms with Gasteiger partial charge in [0.15, 0.2) is 0 Å². The molecule has 3 aromatic carbocycles. The predicted octanol–water partition coefficient (Wildman–Crippen LogP) is 5.71. The number of carbonyl (C=O) groups excluding carboxylic acids is 2. The number of hydrogen-bond donors (Lipinski definition) is 2. The van der Waals surface area contributed by atoms with Crippen LogP contribution >= 0.6 is 23.2 Å². The van der Waals surface area contributed by atoms with E-state index in [1.54, 1.807) is 18.2 Å². The van der Waals surface area contributed by atoms with Gasteiger partial charge in [0.05, 0.1) is 10.6 Å². The quantitative estimate of drug-likeness (QED) is 0.515. The summed E-state index contributed by atoms with van der Waals surface area (Å²) in [6, 6.07) is 21.2. The highest BCUT2D eigenvalue weighted by molar-refractivity contribution is 6.36. The van der Waals surface area contributed by atoms with Gasteiger partial charge in [-0.2, -0.15) is 0 Å². The summed E-state index contributed by atoms with van der Waals surface area (Å²) >= 11 is 12.0. The number of benzene rings is 3. The zero-order chi connectivity index (χ0) is 20.8. The van der Waals surface area contributed by atoms with Crippen molar-refractivity contribution in [3.8, 4) is 0 Å². The van der Waals surface area contributed by atoms with Gasteiger partial charge in [-0.25, -0.2) is 0 Å². The average Bonchev–Trinajstić information content (AvgIpc) is 2.68. The highest BCUT2D eigenvalue weighted by atomic mass is 35.5. The van der Waals surface area contributed by atoms with Gasteiger partial charge in [-0.3, -0.25) is 9.59 Å². The Morgan fingerprint density at radius 1 is 0.897 bits per heavy atom. The van der Waals surface area contributed by atoms with Gasteiger partial charge in [0.2, 0.25) is 0 Å². The zero-order valence-electron chi connectivity index (χ0n) is 15.6. The molecule has 0 aliphatic heterocycles. The van der Waals surface area contributed by atoms with Gasteiger partial charge in [0.1, 0.15) is 5.70 Å². The Hall–Kier alpha value is -3.08. The molecular formula is C23H18Cl2N2O2. The highest BCUT2D eigenvalue weighted by Gasteiger charge is 2.17. The molecule has 0 aliphatic carbocycles. The van der Waals surface area contributed by atoms with Crippen molar-refractivity contribution >= 4 is 46.8 Å². The smallest absolute Gasteiger partial charge is 0.272 e. The van der Waals surface area contributed by atoms with Gasteiger partial charge in [0.25, 0.3) is 11.8 Å². The Labute approximate surface area is 179 Å². The molecule has 0 heterocycles. The van der Waals surface area contributed by atoms with Crippen LogP contribution in [0.3, 0.4) is 0 Å². The van der Waals surface area contributed by atoms with Crippen molar-refractivity contribution in [2.45, 2.75) is 6.92 Å². The van der Waals surface area contributed by atoms with Crippen LogP contribution in [-0.4, -0.2) is 11.8 Å². The number of hydrogen-bond acceptors (Lipinski definition) is 2. The number of anilines is 1. The lowest BCUT2D eigenvalue weighted by Gasteiger charge is -2.12. The SMILES string of the molecule is Cc1cccc(NC(=O)C(=Cc2ccccc2)NC(=O)c2ccc(Cl)cc2Cl)c1. The largest absolute Gasteiger partial charge is 0.321 e. The second-order valence-corrected chi connectivity index (χ2v) is 7.21. The summed E-state index contributed by atoms with van der Waals surface area (Å²) in [6.45, 7) is 1.93. The molecule has 0 saturated heterocycles. The molecule has 4 nitrogen and oxygen atoms in total. The third-order valence-corrected chi connectivity index (χ3v) is 4.60. The van der Waals surface area contributed by atoms with Crippen molar-refractivity contribution in [1.82, 2.24) is 5.32 Å². The van der Waals surface area contributed by atoms with Gasteiger partial charge < -0.3 is 10.6 Å². The minimum Gasteiger partial charge on any atom is -0.321 e. The molecule has 3 rings (SSSR count). The summed E-state index contributed by atoms with van der Waals surface area (Å²) in [5, 5.41) is 6.09. The Morgan fingerprint density at radius 3 is 2.34 bits per heavy atom. The lowest BCUT2D eigenvalue weighted by Crippen LogP contribution is -2.31. The minimum absolute atomic E-state index is 0.0914. The molecule has 2 N–H and O–H groups in total. The first-order valence-corrected chi connectivity index (χ1v) is 9.59. The Balaban J connectivity index is 1.89. The van der Waals surface area contributed by atoms with Crippen LogP contribution in [0.5, 0.6) is 0 Å². The fourth-order valence-corrected chi connectivity index (χ4v) is 3.15. The van der Waals surface area contributed by atoms with Crippen molar-refractivity contribution in [1.29, 1.82) is 0 Å². The van der Waals surface area contributed by atoms with E-state index in [2.05, 4.69) is 10.6 Å². The molecule has 0 unspecified atom stereocenters. The third kappa shape index (κ3) is 5.70. The van der Waals surface area contributed by atoms with Crippen LogP contribution < -0.4 is 10.6 Å². The lowest BCUT2D eigenvalue weighted by molar-refractivity contribution is -0.113. The first-order valence-electron chi connectivity index (χ1n) is 8.83. The van der Waals surface area contributed by atoms with E-state index in [1.807, 2.05) is 55.5 Å². The number of rotatable bonds is 5. The van der Waals surface area contributed by atoms with E-state index in [9.17, 15) is 9.59 Å². The monoisotopic (exact) mass is 424 g/mol. The Morgan fingerprint density at radius 2 is 1.66 bits per heavy atom. The fourth-order valence-electron chi connectivity index (χ4n) is 2.66. The molecule has 6 heteroatoms. The summed E-state index contributed by atoms with van der Waals surface area (Å²) in [5.41, 5.74) is 2.72. The van der Waals surface area contributed by atoms with Crippen molar-refractivity contribution in [2.75, 3.05) is 5.32 Å². The van der Waals surface area contributed by atoms with Crippen LogP contribution in [0.25, 0.3) is 6.08 Å². The average molecular weight is 425 g/mol. The van der Waals surface area contributed by atoms with E-state index < -0.39 is 11.8 Å². The van der Waals surface area contributed by atoms with Gasteiger partial charge in [-0.1, -0.05) is 65.7 Å². The molecule has 2 amide bonds. The van der Waals surface area contributed by atoms with Gasteiger partial charge in [0, 0.05) is 10.7 Å². The summed E-state index contributed by atoms with van der Waals surface area (Å²) in [7, 11) is 0. The molecule has 0 fully saturated rings. The van der Waals surface area contributed by atoms with Crippen molar-refractivity contribution < 1.29 is 9.59 Å². The highest BCUT2D eigenvalue weighted by Crippen LogP contribution is 2.21. The molecule has 146 valence electrons. The third-order valence-electron chi connectivity index (χ3n) is 4.06. The topological polar surface area (TPSA) is 58.2 Å². The number of nitrogens with one attached hydrogen (secondary N) is 2. The molecule has 0 aliphatic rings. The Bertz CT molecular complexity index is 1080. The first kappa shape index (κ1) is 20.6. The second kappa shape index (κ2) is 9.41. The maximum atomic E-state index is 12.9. The molecule has 0 radical (unpaired) electrons. The maximum absolute atomic E-state index is 12.9. The molecule has 0 aromatic heterocycles. The van der Waals surface area contributed by atoms with E-state index in [0.29, 0.717) is 10.7 Å². The van der Waals surface area contributed by atoms with E-state index in [4.69, 9.17) is 23.2 Å². The van der Waals surface area contributed by atoms with Gasteiger partial charge in [-0.15, -0.1) is 0 Å². The van der Waals surface area contributed by atoms with Crippen molar-refractivity contribution in [3.05, 3.63) is 105 Å². The van der Waals surface area contributed by atoms with E-state index in [-0.39, 0.29) is 16.3 Å². The fraction of sp³-hybridized carbons (Fsp3) is 0.0435. The number of halogens is 2. The van der Waals surface area contributed by atoms with Crippen molar-refractivity contribution in [2.24, 2.45) is 0 Å². The van der Waals surface area contributed by atoms with Crippen LogP contribution in [0.2, 0.25) is 10.0 Å². The normalized spacial score (nSPS) is 11.1. The molecule has 0 atom stereocenters. The van der Waals surface area contributed by atoms with Gasteiger partial charge >= 0.3 is 0 Å². The van der Waals surface area contributed by atoms with E-state index in [0.717, 1.165) is 11.1 Å².